The number of benzene rings is 3. The number of halogens is 3. The molecule has 0 aliphatic heterocycles. The van der Waals surface area contributed by atoms with Crippen LogP contribution in [0.2, 0.25) is 0 Å². The molecule has 0 aliphatic carbocycles. The van der Waals surface area contributed by atoms with Gasteiger partial charge in [0.25, 0.3) is 0 Å². The second-order valence-electron chi connectivity index (χ2n) is 5.73. The fourth-order valence-corrected chi connectivity index (χ4v) is 3.86. The molecular formula is C20H12Br3NO4. The number of nitrogen functional groups attached to an aromatic ring is 1. The summed E-state index contributed by atoms with van der Waals surface area (Å²) < 4.78 is 10.5. The van der Waals surface area contributed by atoms with E-state index in [1.165, 1.54) is 12.1 Å². The highest BCUT2D eigenvalue weighted by Gasteiger charge is 2.24. The lowest BCUT2D eigenvalue weighted by molar-refractivity contribution is 0.103. The van der Waals surface area contributed by atoms with Crippen molar-refractivity contribution in [2.45, 2.75) is 0 Å². The van der Waals surface area contributed by atoms with E-state index >= 15 is 0 Å². The SMILES string of the molecule is Nc1cc(C(=O)c2ccccc2OBr)c(Br)c(C(=O)c2ccccc2OBr)c1. The molecule has 0 bridgehead atoms. The van der Waals surface area contributed by atoms with E-state index in [2.05, 4.69) is 48.4 Å². The Hall–Kier alpha value is -2.16. The maximum Gasteiger partial charge on any atom is 0.198 e. The van der Waals surface area contributed by atoms with Crippen LogP contribution in [0.15, 0.2) is 65.1 Å². The van der Waals surface area contributed by atoms with Crippen LogP contribution >= 0.6 is 48.4 Å². The molecule has 2 N–H and O–H groups in total. The Labute approximate surface area is 186 Å². The third kappa shape index (κ3) is 3.99. The number of rotatable bonds is 6. The summed E-state index contributed by atoms with van der Waals surface area (Å²) in [7, 11) is 0. The van der Waals surface area contributed by atoms with Crippen molar-refractivity contribution in [2.75, 3.05) is 5.73 Å². The van der Waals surface area contributed by atoms with Crippen molar-refractivity contribution in [3.63, 3.8) is 0 Å². The van der Waals surface area contributed by atoms with Gasteiger partial charge < -0.3 is 13.4 Å². The molecule has 8 heteroatoms. The lowest BCUT2D eigenvalue weighted by atomic mass is 9.96. The Kier molecular flexibility index (Phi) is 6.53. The Morgan fingerprint density at radius 3 is 1.50 bits per heavy atom. The highest BCUT2D eigenvalue weighted by atomic mass is 79.9. The molecule has 0 spiro atoms. The normalized spacial score (nSPS) is 10.4. The minimum Gasteiger partial charge on any atom is -0.417 e. The van der Waals surface area contributed by atoms with E-state index in [9.17, 15) is 9.59 Å². The molecule has 3 aromatic carbocycles. The van der Waals surface area contributed by atoms with E-state index in [0.717, 1.165) is 0 Å². The van der Waals surface area contributed by atoms with E-state index in [-0.39, 0.29) is 28.4 Å². The first-order valence-corrected chi connectivity index (χ1v) is 10.0. The summed E-state index contributed by atoms with van der Waals surface area (Å²) in [5.41, 5.74) is 7.43. The molecule has 0 atom stereocenters. The summed E-state index contributed by atoms with van der Waals surface area (Å²) >= 11 is 9.21. The highest BCUT2D eigenvalue weighted by molar-refractivity contribution is 9.10. The molecule has 0 aliphatic rings. The van der Waals surface area contributed by atoms with Crippen molar-refractivity contribution in [3.05, 3.63) is 87.4 Å². The first-order valence-electron chi connectivity index (χ1n) is 7.91. The smallest absolute Gasteiger partial charge is 0.198 e. The van der Waals surface area contributed by atoms with Gasteiger partial charge in [-0.05, 0) is 52.3 Å². The van der Waals surface area contributed by atoms with Crippen molar-refractivity contribution >= 4 is 65.7 Å². The molecule has 5 nitrogen and oxygen atoms in total. The second kappa shape index (κ2) is 8.89. The summed E-state index contributed by atoms with van der Waals surface area (Å²) in [6.45, 7) is 0. The molecule has 28 heavy (non-hydrogen) atoms. The predicted molar refractivity (Wildman–Crippen MR) is 117 cm³/mol. The molecule has 3 aromatic rings. The molecule has 0 heterocycles. The van der Waals surface area contributed by atoms with E-state index < -0.39 is 0 Å². The molecule has 0 unspecified atom stereocenters. The molecule has 0 saturated carbocycles. The van der Waals surface area contributed by atoms with Crippen LogP contribution in [0, 0.1) is 0 Å². The van der Waals surface area contributed by atoms with Gasteiger partial charge >= 0.3 is 0 Å². The van der Waals surface area contributed by atoms with Crippen molar-refractivity contribution in [1.29, 1.82) is 0 Å². The average Bonchev–Trinajstić information content (AvgIpc) is 2.74. The van der Waals surface area contributed by atoms with Gasteiger partial charge in [0.15, 0.2) is 44.1 Å². The number of anilines is 1. The molecule has 142 valence electrons. The van der Waals surface area contributed by atoms with E-state index in [0.29, 0.717) is 27.1 Å². The fourth-order valence-electron chi connectivity index (χ4n) is 2.71. The highest BCUT2D eigenvalue weighted by Crippen LogP contribution is 2.33. The number of hydrogen-bond acceptors (Lipinski definition) is 5. The summed E-state index contributed by atoms with van der Waals surface area (Å²) in [6, 6.07) is 16.5. The van der Waals surface area contributed by atoms with E-state index in [1.54, 1.807) is 48.5 Å². The van der Waals surface area contributed by atoms with E-state index in [4.69, 9.17) is 13.4 Å². The first-order chi connectivity index (χ1) is 13.5. The maximum absolute atomic E-state index is 13.1. The molecule has 3 rings (SSSR count). The van der Waals surface area contributed by atoms with Crippen LogP contribution < -0.4 is 13.4 Å². The minimum atomic E-state index is -0.340. The lowest BCUT2D eigenvalue weighted by Crippen LogP contribution is -2.10. The number of carbonyl (C=O) groups is 2. The van der Waals surface area contributed by atoms with Gasteiger partial charge in [-0.1, -0.05) is 24.3 Å². The van der Waals surface area contributed by atoms with Crippen molar-refractivity contribution < 1.29 is 17.2 Å². The van der Waals surface area contributed by atoms with Crippen LogP contribution in [0.3, 0.4) is 0 Å². The van der Waals surface area contributed by atoms with Crippen molar-refractivity contribution in [2.24, 2.45) is 0 Å². The van der Waals surface area contributed by atoms with Gasteiger partial charge in [-0.15, -0.1) is 0 Å². The largest absolute Gasteiger partial charge is 0.417 e. The zero-order valence-electron chi connectivity index (χ0n) is 14.1. The zero-order valence-corrected chi connectivity index (χ0v) is 18.9. The molecular weight excluding hydrogens is 558 g/mol. The fraction of sp³-hybridized carbons (Fsp3) is 0. The number of ketones is 2. The van der Waals surface area contributed by atoms with Crippen LogP contribution in [0.4, 0.5) is 5.69 Å². The van der Waals surface area contributed by atoms with Crippen molar-refractivity contribution in [3.8, 4) is 11.5 Å². The predicted octanol–water partition coefficient (Wildman–Crippen LogP) is 5.87. The molecule has 0 aromatic heterocycles. The Balaban J connectivity index is 2.13. The van der Waals surface area contributed by atoms with Crippen LogP contribution in [0.1, 0.15) is 31.8 Å². The van der Waals surface area contributed by atoms with Gasteiger partial charge in [-0.2, -0.15) is 0 Å². The minimum absolute atomic E-state index is 0.248. The number of hydrogen-bond donors (Lipinski definition) is 1. The van der Waals surface area contributed by atoms with Gasteiger partial charge in [0, 0.05) is 21.3 Å². The monoisotopic (exact) mass is 567 g/mol. The van der Waals surface area contributed by atoms with Crippen LogP contribution in [0.25, 0.3) is 0 Å². The molecule has 0 fully saturated rings. The maximum atomic E-state index is 13.1. The summed E-state index contributed by atoms with van der Waals surface area (Å²) in [5, 5.41) is 0. The van der Waals surface area contributed by atoms with Gasteiger partial charge in [0.05, 0.1) is 11.1 Å². The second-order valence-corrected chi connectivity index (χ2v) is 7.18. The first kappa shape index (κ1) is 20.6. The van der Waals surface area contributed by atoms with Gasteiger partial charge in [-0.3, -0.25) is 9.59 Å². The standard InChI is InChI=1S/C20H12Br3NO4/c21-18-14(19(25)12-5-1-3-7-16(12)27-22)9-11(24)10-15(18)20(26)13-6-2-4-8-17(13)28-23/h1-10H,24H2. The van der Waals surface area contributed by atoms with Crippen molar-refractivity contribution in [1.82, 2.24) is 0 Å². The summed E-state index contributed by atoms with van der Waals surface area (Å²) in [5.74, 6) is 0.0297. The summed E-state index contributed by atoms with van der Waals surface area (Å²) in [6.07, 6.45) is 0. The van der Waals surface area contributed by atoms with E-state index in [1.807, 2.05) is 0 Å². The summed E-state index contributed by atoms with van der Waals surface area (Å²) in [4.78, 5) is 26.2. The van der Waals surface area contributed by atoms with Gasteiger partial charge in [0.2, 0.25) is 0 Å². The Morgan fingerprint density at radius 1 is 0.714 bits per heavy atom. The van der Waals surface area contributed by atoms with Gasteiger partial charge in [-0.25, -0.2) is 0 Å². The van der Waals surface area contributed by atoms with Gasteiger partial charge in [0.1, 0.15) is 11.5 Å². The third-order valence-corrected chi connectivity index (χ3v) is 5.57. The topological polar surface area (TPSA) is 78.6 Å². The van der Waals surface area contributed by atoms with Crippen LogP contribution in [-0.4, -0.2) is 11.6 Å². The molecule has 0 amide bonds. The average molecular weight is 570 g/mol. The van der Waals surface area contributed by atoms with Crippen LogP contribution in [0.5, 0.6) is 11.5 Å². The number of carbonyl (C=O) groups excluding carboxylic acids is 2. The number of nitrogens with two attached hydrogens (primary N) is 1. The number of para-hydroxylation sites is 2. The lowest BCUT2D eigenvalue weighted by Gasteiger charge is -2.13. The third-order valence-electron chi connectivity index (χ3n) is 4.01. The van der Waals surface area contributed by atoms with Crippen LogP contribution in [-0.2, 0) is 0 Å². The quantitative estimate of drug-likeness (QED) is 0.297. The molecule has 0 saturated heterocycles. The zero-order chi connectivity index (χ0) is 20.3. The Morgan fingerprint density at radius 2 is 1.11 bits per heavy atom. The molecule has 0 radical (unpaired) electrons. The Bertz CT molecular complexity index is 988.